The number of phenolic OH excluding ortho intramolecular Hbond substituents is 1. The van der Waals surface area contributed by atoms with Crippen molar-refractivity contribution < 1.29 is 9.84 Å². The summed E-state index contributed by atoms with van der Waals surface area (Å²) in [5, 5.41) is 15.1. The van der Waals surface area contributed by atoms with Crippen LogP contribution in [0.4, 0.5) is 0 Å². The average molecular weight is 433 g/mol. The molecule has 0 fully saturated rings. The van der Waals surface area contributed by atoms with Gasteiger partial charge in [0.2, 0.25) is 0 Å². The molecule has 0 saturated carbocycles. The molecular weight excluding hydrogens is 413 g/mol. The van der Waals surface area contributed by atoms with E-state index >= 15 is 0 Å². The number of nitrogens with one attached hydrogen (secondary N) is 1. The number of methoxy groups -OCH3 is 1. The van der Waals surface area contributed by atoms with E-state index in [-0.39, 0.29) is 29.7 Å². The van der Waals surface area contributed by atoms with Crippen LogP contribution in [0, 0.1) is 0 Å². The van der Waals surface area contributed by atoms with Gasteiger partial charge in [0.1, 0.15) is 0 Å². The van der Waals surface area contributed by atoms with Gasteiger partial charge >= 0.3 is 0 Å². The van der Waals surface area contributed by atoms with Crippen molar-refractivity contribution in [2.75, 3.05) is 13.7 Å². The predicted molar refractivity (Wildman–Crippen MR) is 101 cm³/mol. The van der Waals surface area contributed by atoms with Gasteiger partial charge in [-0.05, 0) is 23.9 Å². The highest BCUT2D eigenvalue weighted by atomic mass is 127. The van der Waals surface area contributed by atoms with Gasteiger partial charge in [-0.15, -0.1) is 35.3 Å². The summed E-state index contributed by atoms with van der Waals surface area (Å²) in [5.74, 6) is 0.913. The lowest BCUT2D eigenvalue weighted by Crippen LogP contribution is -2.33. The van der Waals surface area contributed by atoms with E-state index in [0.29, 0.717) is 23.8 Å². The molecule has 4 N–H and O–H groups in total. The van der Waals surface area contributed by atoms with E-state index in [1.165, 1.54) is 12.0 Å². The molecule has 7 heteroatoms. The summed E-state index contributed by atoms with van der Waals surface area (Å²) < 4.78 is 5.05. The van der Waals surface area contributed by atoms with Gasteiger partial charge in [-0.1, -0.05) is 18.2 Å². The number of aliphatic imine (C=N–C) groups is 1. The Bertz CT molecular complexity index is 603. The van der Waals surface area contributed by atoms with Crippen LogP contribution < -0.4 is 15.8 Å². The number of phenols is 1. The number of nitrogens with two attached hydrogens (primary N) is 1. The standard InChI is InChI=1S/C15H19N3O2S.HI/c1-20-13-6-2-4-11(14(13)19)10-18-15(16)17-8-7-12-5-3-9-21-12;/h2-6,9,19H,7-8,10H2,1H3,(H3,16,17,18);1H. The molecule has 0 spiro atoms. The maximum Gasteiger partial charge on any atom is 0.188 e. The summed E-state index contributed by atoms with van der Waals surface area (Å²) in [7, 11) is 1.52. The molecule has 0 aliphatic carbocycles. The van der Waals surface area contributed by atoms with Crippen molar-refractivity contribution in [1.82, 2.24) is 5.32 Å². The van der Waals surface area contributed by atoms with Crippen LogP contribution in [0.2, 0.25) is 0 Å². The number of halogens is 1. The number of aromatic hydroxyl groups is 1. The SMILES string of the molecule is COc1cccc(CN=C(N)NCCc2cccs2)c1O.I. The quantitative estimate of drug-likeness (QED) is 0.372. The largest absolute Gasteiger partial charge is 0.504 e. The van der Waals surface area contributed by atoms with Crippen molar-refractivity contribution in [2.45, 2.75) is 13.0 Å². The number of hydrogen-bond acceptors (Lipinski definition) is 4. The fraction of sp³-hybridized carbons (Fsp3) is 0.267. The normalized spacial score (nSPS) is 10.9. The molecule has 5 nitrogen and oxygen atoms in total. The molecule has 0 aliphatic heterocycles. The molecular formula is C15H20IN3O2S. The second-order valence-electron chi connectivity index (χ2n) is 4.43. The van der Waals surface area contributed by atoms with E-state index in [4.69, 9.17) is 10.5 Å². The number of benzene rings is 1. The summed E-state index contributed by atoms with van der Waals surface area (Å²) in [6.45, 7) is 1.04. The highest BCUT2D eigenvalue weighted by molar-refractivity contribution is 14.0. The Balaban J connectivity index is 0.00000242. The van der Waals surface area contributed by atoms with Crippen LogP contribution in [0.25, 0.3) is 0 Å². The van der Waals surface area contributed by atoms with Crippen molar-refractivity contribution in [3.63, 3.8) is 0 Å². The third-order valence-electron chi connectivity index (χ3n) is 2.98. The molecule has 1 aromatic heterocycles. The van der Waals surface area contributed by atoms with Crippen LogP contribution in [0.3, 0.4) is 0 Å². The molecule has 2 rings (SSSR count). The molecule has 0 aliphatic rings. The average Bonchev–Trinajstić information content (AvgIpc) is 2.99. The molecule has 0 saturated heterocycles. The number of para-hydroxylation sites is 1. The van der Waals surface area contributed by atoms with Crippen LogP contribution >= 0.6 is 35.3 Å². The van der Waals surface area contributed by atoms with Gasteiger partial charge in [0.15, 0.2) is 17.5 Å². The molecule has 2 aromatic rings. The predicted octanol–water partition coefficient (Wildman–Crippen LogP) is 2.73. The molecule has 0 amide bonds. The highest BCUT2D eigenvalue weighted by Crippen LogP contribution is 2.29. The molecule has 0 atom stereocenters. The number of nitrogens with zero attached hydrogens (tertiary/aromatic N) is 1. The van der Waals surface area contributed by atoms with Gasteiger partial charge in [0.05, 0.1) is 13.7 Å². The molecule has 0 bridgehead atoms. The smallest absolute Gasteiger partial charge is 0.188 e. The van der Waals surface area contributed by atoms with Crippen LogP contribution in [0.15, 0.2) is 40.7 Å². The molecule has 120 valence electrons. The van der Waals surface area contributed by atoms with Crippen LogP contribution in [0.5, 0.6) is 11.5 Å². The maximum absolute atomic E-state index is 9.95. The first-order valence-electron chi connectivity index (χ1n) is 6.61. The van der Waals surface area contributed by atoms with Gasteiger partial charge in [-0.3, -0.25) is 0 Å². The van der Waals surface area contributed by atoms with Crippen LogP contribution in [-0.2, 0) is 13.0 Å². The van der Waals surface area contributed by atoms with Crippen molar-refractivity contribution in [1.29, 1.82) is 0 Å². The van der Waals surface area contributed by atoms with Crippen LogP contribution in [-0.4, -0.2) is 24.7 Å². The second kappa shape index (κ2) is 9.52. The lowest BCUT2D eigenvalue weighted by atomic mass is 10.2. The zero-order valence-electron chi connectivity index (χ0n) is 12.3. The molecule has 22 heavy (non-hydrogen) atoms. The lowest BCUT2D eigenvalue weighted by molar-refractivity contribution is 0.370. The Kier molecular flexibility index (Phi) is 8.03. The van der Waals surface area contributed by atoms with Gasteiger partial charge in [-0.25, -0.2) is 4.99 Å². The number of hydrogen-bond donors (Lipinski definition) is 3. The van der Waals surface area contributed by atoms with Gasteiger partial charge in [0.25, 0.3) is 0 Å². The van der Waals surface area contributed by atoms with Gasteiger partial charge in [0, 0.05) is 17.0 Å². The molecule has 1 heterocycles. The van der Waals surface area contributed by atoms with Crippen molar-refractivity contribution in [3.8, 4) is 11.5 Å². The Morgan fingerprint density at radius 3 is 2.86 bits per heavy atom. The van der Waals surface area contributed by atoms with E-state index in [1.54, 1.807) is 23.5 Å². The van der Waals surface area contributed by atoms with E-state index in [9.17, 15) is 5.11 Å². The Morgan fingerprint density at radius 2 is 2.18 bits per heavy atom. The number of rotatable bonds is 6. The van der Waals surface area contributed by atoms with Gasteiger partial charge < -0.3 is 20.9 Å². The minimum absolute atomic E-state index is 0. The van der Waals surface area contributed by atoms with E-state index in [0.717, 1.165) is 13.0 Å². The van der Waals surface area contributed by atoms with Crippen molar-refractivity contribution >= 4 is 41.3 Å². The monoisotopic (exact) mass is 433 g/mol. The number of guanidine groups is 1. The Morgan fingerprint density at radius 1 is 1.36 bits per heavy atom. The Hall–Kier alpha value is -1.48. The summed E-state index contributed by atoms with van der Waals surface area (Å²) in [5.41, 5.74) is 6.49. The highest BCUT2D eigenvalue weighted by Gasteiger charge is 2.06. The third kappa shape index (κ3) is 5.38. The first-order chi connectivity index (χ1) is 10.2. The molecule has 0 radical (unpaired) electrons. The summed E-state index contributed by atoms with van der Waals surface area (Å²) in [6.07, 6.45) is 0.915. The first kappa shape index (κ1) is 18.6. The van der Waals surface area contributed by atoms with Crippen molar-refractivity contribution in [3.05, 3.63) is 46.2 Å². The fourth-order valence-corrected chi connectivity index (χ4v) is 2.56. The zero-order valence-corrected chi connectivity index (χ0v) is 15.4. The third-order valence-corrected chi connectivity index (χ3v) is 3.92. The molecule has 0 unspecified atom stereocenters. The minimum Gasteiger partial charge on any atom is -0.504 e. The summed E-state index contributed by atoms with van der Waals surface area (Å²) in [6, 6.07) is 9.42. The summed E-state index contributed by atoms with van der Waals surface area (Å²) in [4.78, 5) is 5.53. The lowest BCUT2D eigenvalue weighted by Gasteiger charge is -2.08. The van der Waals surface area contributed by atoms with E-state index in [2.05, 4.69) is 21.8 Å². The zero-order chi connectivity index (χ0) is 15.1. The van der Waals surface area contributed by atoms with Gasteiger partial charge in [-0.2, -0.15) is 0 Å². The second-order valence-corrected chi connectivity index (χ2v) is 5.46. The van der Waals surface area contributed by atoms with E-state index < -0.39 is 0 Å². The topological polar surface area (TPSA) is 79.9 Å². The maximum atomic E-state index is 9.95. The first-order valence-corrected chi connectivity index (χ1v) is 7.49. The number of thiophene rings is 1. The fourth-order valence-electron chi connectivity index (χ4n) is 1.85. The number of ether oxygens (including phenoxy) is 1. The van der Waals surface area contributed by atoms with E-state index in [1.807, 2.05) is 12.1 Å². The van der Waals surface area contributed by atoms with Crippen molar-refractivity contribution in [2.24, 2.45) is 10.7 Å². The van der Waals surface area contributed by atoms with Crippen LogP contribution in [0.1, 0.15) is 10.4 Å². The molecule has 1 aromatic carbocycles. The summed E-state index contributed by atoms with van der Waals surface area (Å²) >= 11 is 1.72. The minimum atomic E-state index is 0. The Labute approximate surface area is 151 Å².